The third-order valence-corrected chi connectivity index (χ3v) is 6.46. The van der Waals surface area contributed by atoms with Crippen molar-refractivity contribution in [3.05, 3.63) is 23.9 Å². The average Bonchev–Trinajstić information content (AvgIpc) is 3.37. The summed E-state index contributed by atoms with van der Waals surface area (Å²) in [5.41, 5.74) is 1.73. The van der Waals surface area contributed by atoms with Gasteiger partial charge in [-0.2, -0.15) is 0 Å². The lowest BCUT2D eigenvalue weighted by Crippen LogP contribution is -2.50. The van der Waals surface area contributed by atoms with E-state index < -0.39 is 5.97 Å². The second kappa shape index (κ2) is 9.63. The van der Waals surface area contributed by atoms with E-state index in [1.165, 1.54) is 0 Å². The average molecular weight is 442 g/mol. The number of aromatic nitrogens is 1. The lowest BCUT2D eigenvalue weighted by molar-refractivity contribution is -0.135. The fourth-order valence-corrected chi connectivity index (χ4v) is 4.84. The summed E-state index contributed by atoms with van der Waals surface area (Å²) in [6.45, 7) is 4.52. The maximum absolute atomic E-state index is 12.9. The SMILES string of the molecule is CCOC(=O)c1cnc2c(OC)ccc(OC)c2c1N1CCN(C(=O)C2CCCC2)CC1. The number of carbonyl (C=O) groups excluding carboxylic acids is 2. The van der Waals surface area contributed by atoms with Crippen LogP contribution in [0.15, 0.2) is 18.3 Å². The van der Waals surface area contributed by atoms with E-state index in [1.807, 2.05) is 11.0 Å². The fraction of sp³-hybridized carbons (Fsp3) is 0.542. The van der Waals surface area contributed by atoms with Crippen LogP contribution in [0.25, 0.3) is 10.9 Å². The van der Waals surface area contributed by atoms with E-state index in [0.29, 0.717) is 54.1 Å². The third-order valence-electron chi connectivity index (χ3n) is 6.46. The van der Waals surface area contributed by atoms with Crippen LogP contribution in [0.4, 0.5) is 5.69 Å². The summed E-state index contributed by atoms with van der Waals surface area (Å²) >= 11 is 0. The summed E-state index contributed by atoms with van der Waals surface area (Å²) in [5, 5.41) is 0.716. The van der Waals surface area contributed by atoms with Crippen molar-refractivity contribution in [1.82, 2.24) is 9.88 Å². The summed E-state index contributed by atoms with van der Waals surface area (Å²) in [6, 6.07) is 3.63. The van der Waals surface area contributed by atoms with E-state index in [4.69, 9.17) is 14.2 Å². The normalized spacial score (nSPS) is 17.0. The Labute approximate surface area is 188 Å². The van der Waals surface area contributed by atoms with Crippen molar-refractivity contribution in [1.29, 1.82) is 0 Å². The topological polar surface area (TPSA) is 81.2 Å². The zero-order chi connectivity index (χ0) is 22.7. The van der Waals surface area contributed by atoms with Crippen molar-refractivity contribution in [3.8, 4) is 11.5 Å². The molecule has 1 aromatic heterocycles. The number of piperazine rings is 1. The molecule has 0 radical (unpaired) electrons. The first-order valence-corrected chi connectivity index (χ1v) is 11.3. The van der Waals surface area contributed by atoms with Gasteiger partial charge in [-0.25, -0.2) is 4.79 Å². The number of carbonyl (C=O) groups is 2. The van der Waals surface area contributed by atoms with E-state index in [1.54, 1.807) is 33.4 Å². The number of hydrogen-bond donors (Lipinski definition) is 0. The largest absolute Gasteiger partial charge is 0.496 e. The number of pyridine rings is 1. The monoisotopic (exact) mass is 441 g/mol. The minimum absolute atomic E-state index is 0.169. The van der Waals surface area contributed by atoms with Crippen LogP contribution in [-0.2, 0) is 9.53 Å². The molecule has 1 saturated carbocycles. The van der Waals surface area contributed by atoms with Crippen molar-refractivity contribution >= 4 is 28.5 Å². The van der Waals surface area contributed by atoms with E-state index in [0.717, 1.165) is 31.4 Å². The highest BCUT2D eigenvalue weighted by Crippen LogP contribution is 2.41. The molecule has 0 N–H and O–H groups in total. The number of rotatable bonds is 6. The Morgan fingerprint density at radius 3 is 2.31 bits per heavy atom. The predicted molar refractivity (Wildman–Crippen MR) is 122 cm³/mol. The van der Waals surface area contributed by atoms with E-state index in [-0.39, 0.29) is 18.4 Å². The van der Waals surface area contributed by atoms with Gasteiger partial charge in [-0.1, -0.05) is 12.8 Å². The number of benzene rings is 1. The number of anilines is 1. The van der Waals surface area contributed by atoms with Crippen molar-refractivity contribution < 1.29 is 23.8 Å². The summed E-state index contributed by atoms with van der Waals surface area (Å²) < 4.78 is 16.5. The lowest BCUT2D eigenvalue weighted by Gasteiger charge is -2.38. The molecule has 8 nitrogen and oxygen atoms in total. The molecular formula is C24H31N3O5. The first kappa shape index (κ1) is 22.2. The van der Waals surface area contributed by atoms with Crippen molar-refractivity contribution in [2.24, 2.45) is 5.92 Å². The molecular weight excluding hydrogens is 410 g/mol. The number of ether oxygens (including phenoxy) is 3. The molecule has 0 unspecified atom stereocenters. The number of esters is 1. The van der Waals surface area contributed by atoms with Gasteiger partial charge < -0.3 is 24.0 Å². The van der Waals surface area contributed by atoms with Crippen LogP contribution in [0.1, 0.15) is 43.0 Å². The second-order valence-electron chi connectivity index (χ2n) is 8.23. The Morgan fingerprint density at radius 2 is 1.69 bits per heavy atom. The Morgan fingerprint density at radius 1 is 1.03 bits per heavy atom. The number of amides is 1. The van der Waals surface area contributed by atoms with E-state index in [2.05, 4.69) is 9.88 Å². The molecule has 0 spiro atoms. The maximum atomic E-state index is 12.9. The van der Waals surface area contributed by atoms with Gasteiger partial charge >= 0.3 is 5.97 Å². The first-order chi connectivity index (χ1) is 15.6. The van der Waals surface area contributed by atoms with Crippen molar-refractivity contribution in [3.63, 3.8) is 0 Å². The highest BCUT2D eigenvalue weighted by Gasteiger charge is 2.32. The molecule has 2 aromatic rings. The molecule has 172 valence electrons. The fourth-order valence-electron chi connectivity index (χ4n) is 4.84. The molecule has 1 amide bonds. The minimum atomic E-state index is -0.425. The molecule has 8 heteroatoms. The second-order valence-corrected chi connectivity index (χ2v) is 8.23. The van der Waals surface area contributed by atoms with Crippen LogP contribution in [0, 0.1) is 5.92 Å². The van der Waals surface area contributed by atoms with Crippen LogP contribution in [0.5, 0.6) is 11.5 Å². The molecule has 4 rings (SSSR count). The molecule has 1 aliphatic heterocycles. The van der Waals surface area contributed by atoms with E-state index in [9.17, 15) is 9.59 Å². The predicted octanol–water partition coefficient (Wildman–Crippen LogP) is 3.27. The third kappa shape index (κ3) is 4.06. The zero-order valence-electron chi connectivity index (χ0n) is 19.1. The molecule has 2 heterocycles. The van der Waals surface area contributed by atoms with Gasteiger partial charge in [-0.15, -0.1) is 0 Å². The van der Waals surface area contributed by atoms with Crippen LogP contribution in [0.2, 0.25) is 0 Å². The van der Waals surface area contributed by atoms with Crippen LogP contribution in [0.3, 0.4) is 0 Å². The highest BCUT2D eigenvalue weighted by atomic mass is 16.5. The Kier molecular flexibility index (Phi) is 6.67. The smallest absolute Gasteiger partial charge is 0.341 e. The van der Waals surface area contributed by atoms with Gasteiger partial charge in [0.2, 0.25) is 5.91 Å². The standard InChI is InChI=1S/C24H31N3O5/c1-4-32-24(29)17-15-25-21-19(31-3)10-9-18(30-2)20(21)22(17)26-11-13-27(14-12-26)23(28)16-7-5-6-8-16/h9-10,15-16H,4-8,11-14H2,1-3H3. The molecule has 1 aromatic carbocycles. The highest BCUT2D eigenvalue weighted by molar-refractivity contribution is 6.09. The van der Waals surface area contributed by atoms with Crippen LogP contribution < -0.4 is 14.4 Å². The summed E-state index contributed by atoms with van der Waals surface area (Å²) in [4.78, 5) is 34.3. The lowest BCUT2D eigenvalue weighted by atomic mass is 10.0. The first-order valence-electron chi connectivity index (χ1n) is 11.3. The summed E-state index contributed by atoms with van der Waals surface area (Å²) in [6.07, 6.45) is 5.83. The molecule has 32 heavy (non-hydrogen) atoms. The van der Waals surface area contributed by atoms with Gasteiger partial charge in [-0.3, -0.25) is 9.78 Å². The number of nitrogens with zero attached hydrogens (tertiary/aromatic N) is 3. The van der Waals surface area contributed by atoms with Gasteiger partial charge in [0.25, 0.3) is 0 Å². The molecule has 1 aliphatic carbocycles. The van der Waals surface area contributed by atoms with Crippen molar-refractivity contribution in [2.45, 2.75) is 32.6 Å². The van der Waals surface area contributed by atoms with Gasteiger partial charge in [-0.05, 0) is 31.9 Å². The van der Waals surface area contributed by atoms with Gasteiger partial charge in [0.1, 0.15) is 22.6 Å². The Bertz CT molecular complexity index is 995. The zero-order valence-corrected chi connectivity index (χ0v) is 19.1. The van der Waals surface area contributed by atoms with Gasteiger partial charge in [0, 0.05) is 38.3 Å². The van der Waals surface area contributed by atoms with Crippen LogP contribution in [-0.4, -0.2) is 68.8 Å². The number of fused-ring (bicyclic) bond motifs is 1. The van der Waals surface area contributed by atoms with E-state index >= 15 is 0 Å². The molecule has 2 aliphatic rings. The quantitative estimate of drug-likeness (QED) is 0.637. The molecule has 0 bridgehead atoms. The minimum Gasteiger partial charge on any atom is -0.496 e. The Hall–Kier alpha value is -3.03. The number of hydrogen-bond acceptors (Lipinski definition) is 7. The molecule has 0 atom stereocenters. The van der Waals surface area contributed by atoms with Crippen LogP contribution >= 0.6 is 0 Å². The Balaban J connectivity index is 1.72. The number of methoxy groups -OCH3 is 2. The molecule has 1 saturated heterocycles. The summed E-state index contributed by atoms with van der Waals surface area (Å²) in [7, 11) is 3.19. The van der Waals surface area contributed by atoms with Gasteiger partial charge in [0.15, 0.2) is 0 Å². The van der Waals surface area contributed by atoms with Crippen molar-refractivity contribution in [2.75, 3.05) is 51.9 Å². The molecule has 2 fully saturated rings. The maximum Gasteiger partial charge on any atom is 0.341 e. The van der Waals surface area contributed by atoms with Gasteiger partial charge in [0.05, 0.1) is 31.9 Å². The summed E-state index contributed by atoms with van der Waals surface area (Å²) in [5.74, 6) is 1.23.